The Labute approximate surface area is 169 Å². The highest BCUT2D eigenvalue weighted by Gasteiger charge is 2.19. The number of nitro groups is 1. The van der Waals surface area contributed by atoms with Crippen molar-refractivity contribution in [1.29, 1.82) is 0 Å². The molecule has 3 rings (SSSR count). The second-order valence-electron chi connectivity index (χ2n) is 6.71. The predicted molar refractivity (Wildman–Crippen MR) is 112 cm³/mol. The van der Waals surface area contributed by atoms with E-state index >= 15 is 0 Å². The molecular formula is C23H22N2O4. The van der Waals surface area contributed by atoms with Crippen LogP contribution in [0.15, 0.2) is 78.9 Å². The van der Waals surface area contributed by atoms with Gasteiger partial charge in [0, 0.05) is 19.2 Å². The first kappa shape index (κ1) is 20.1. The lowest BCUT2D eigenvalue weighted by molar-refractivity contribution is -0.384. The normalized spacial score (nSPS) is 11.5. The van der Waals surface area contributed by atoms with Crippen molar-refractivity contribution in [3.05, 3.63) is 94.5 Å². The molecule has 3 aromatic rings. The molecule has 0 aliphatic carbocycles. The molecule has 1 atom stereocenters. The first-order chi connectivity index (χ1) is 14.0. The number of amides is 1. The number of carbonyl (C=O) groups excluding carboxylic acids is 1. The van der Waals surface area contributed by atoms with Gasteiger partial charge in [0.05, 0.1) is 11.0 Å². The molecule has 0 aliphatic heterocycles. The SMILES string of the molecule is C[C@@H](c1cccc([N+](=O)[O-])c1)N(C)C(=O)COc1ccc(-c2ccccc2)cc1. The molecule has 0 saturated carbocycles. The van der Waals surface area contributed by atoms with Gasteiger partial charge < -0.3 is 9.64 Å². The summed E-state index contributed by atoms with van der Waals surface area (Å²) in [5, 5.41) is 11.0. The van der Waals surface area contributed by atoms with Crippen LogP contribution >= 0.6 is 0 Å². The van der Waals surface area contributed by atoms with Crippen molar-refractivity contribution >= 4 is 11.6 Å². The van der Waals surface area contributed by atoms with Gasteiger partial charge in [-0.05, 0) is 35.7 Å². The van der Waals surface area contributed by atoms with Crippen molar-refractivity contribution in [1.82, 2.24) is 4.90 Å². The van der Waals surface area contributed by atoms with Crippen molar-refractivity contribution < 1.29 is 14.5 Å². The Morgan fingerprint density at radius 3 is 2.31 bits per heavy atom. The number of carbonyl (C=O) groups is 1. The molecule has 0 unspecified atom stereocenters. The third-order valence-corrected chi connectivity index (χ3v) is 4.86. The quantitative estimate of drug-likeness (QED) is 0.427. The second-order valence-corrected chi connectivity index (χ2v) is 6.71. The summed E-state index contributed by atoms with van der Waals surface area (Å²) in [4.78, 5) is 24.5. The van der Waals surface area contributed by atoms with E-state index in [0.717, 1.165) is 11.1 Å². The van der Waals surface area contributed by atoms with Crippen LogP contribution in [0.3, 0.4) is 0 Å². The zero-order valence-electron chi connectivity index (χ0n) is 16.3. The maximum atomic E-state index is 12.5. The number of benzene rings is 3. The summed E-state index contributed by atoms with van der Waals surface area (Å²) < 4.78 is 5.63. The molecule has 0 fully saturated rings. The van der Waals surface area contributed by atoms with Gasteiger partial charge in [-0.3, -0.25) is 14.9 Å². The molecule has 3 aromatic carbocycles. The monoisotopic (exact) mass is 390 g/mol. The topological polar surface area (TPSA) is 72.7 Å². The van der Waals surface area contributed by atoms with E-state index in [9.17, 15) is 14.9 Å². The maximum Gasteiger partial charge on any atom is 0.269 e. The highest BCUT2D eigenvalue weighted by Crippen LogP contribution is 2.24. The number of likely N-dealkylation sites (N-methyl/N-ethyl adjacent to an activating group) is 1. The van der Waals surface area contributed by atoms with E-state index in [2.05, 4.69) is 0 Å². The number of hydrogen-bond donors (Lipinski definition) is 0. The molecule has 6 nitrogen and oxygen atoms in total. The van der Waals surface area contributed by atoms with Crippen LogP contribution in [0.25, 0.3) is 11.1 Å². The minimum Gasteiger partial charge on any atom is -0.484 e. The Bertz CT molecular complexity index is 987. The zero-order valence-corrected chi connectivity index (χ0v) is 16.3. The molecule has 29 heavy (non-hydrogen) atoms. The van der Waals surface area contributed by atoms with E-state index < -0.39 is 4.92 Å². The Morgan fingerprint density at radius 1 is 1.00 bits per heavy atom. The molecule has 0 N–H and O–H groups in total. The van der Waals surface area contributed by atoms with Crippen LogP contribution in [-0.2, 0) is 4.79 Å². The maximum absolute atomic E-state index is 12.5. The molecule has 1 amide bonds. The van der Waals surface area contributed by atoms with Gasteiger partial charge in [-0.1, -0.05) is 54.6 Å². The zero-order chi connectivity index (χ0) is 20.8. The van der Waals surface area contributed by atoms with Crippen LogP contribution in [0.5, 0.6) is 5.75 Å². The van der Waals surface area contributed by atoms with Gasteiger partial charge in [-0.25, -0.2) is 0 Å². The standard InChI is InChI=1S/C23H22N2O4/c1-17(20-9-6-10-21(15-20)25(27)28)24(2)23(26)16-29-22-13-11-19(12-14-22)18-7-4-3-5-8-18/h3-15,17H,16H2,1-2H3/t17-/m0/s1. The average molecular weight is 390 g/mol. The fourth-order valence-corrected chi connectivity index (χ4v) is 2.96. The predicted octanol–water partition coefficient (Wildman–Crippen LogP) is 4.86. The number of rotatable bonds is 7. The molecular weight excluding hydrogens is 368 g/mol. The van der Waals surface area contributed by atoms with E-state index in [0.29, 0.717) is 11.3 Å². The van der Waals surface area contributed by atoms with Gasteiger partial charge in [0.15, 0.2) is 6.61 Å². The Morgan fingerprint density at radius 2 is 1.66 bits per heavy atom. The van der Waals surface area contributed by atoms with E-state index in [1.165, 1.54) is 17.0 Å². The molecule has 0 spiro atoms. The van der Waals surface area contributed by atoms with Gasteiger partial charge >= 0.3 is 0 Å². The Kier molecular flexibility index (Phi) is 6.24. The van der Waals surface area contributed by atoms with Crippen molar-refractivity contribution in [3.63, 3.8) is 0 Å². The summed E-state index contributed by atoms with van der Waals surface area (Å²) >= 11 is 0. The third-order valence-electron chi connectivity index (χ3n) is 4.86. The molecule has 0 aromatic heterocycles. The van der Waals surface area contributed by atoms with Gasteiger partial charge in [0.2, 0.25) is 0 Å². The molecule has 0 heterocycles. The molecule has 0 saturated heterocycles. The summed E-state index contributed by atoms with van der Waals surface area (Å²) in [6, 6.07) is 23.6. The summed E-state index contributed by atoms with van der Waals surface area (Å²) in [7, 11) is 1.66. The van der Waals surface area contributed by atoms with Crippen LogP contribution in [0.1, 0.15) is 18.5 Å². The smallest absolute Gasteiger partial charge is 0.269 e. The second kappa shape index (κ2) is 9.01. The van der Waals surface area contributed by atoms with E-state index in [-0.39, 0.29) is 24.2 Å². The fourth-order valence-electron chi connectivity index (χ4n) is 2.96. The largest absolute Gasteiger partial charge is 0.484 e. The third kappa shape index (κ3) is 4.99. The van der Waals surface area contributed by atoms with Gasteiger partial charge in [-0.2, -0.15) is 0 Å². The molecule has 0 radical (unpaired) electrons. The summed E-state index contributed by atoms with van der Waals surface area (Å²) in [6.45, 7) is 1.71. The lowest BCUT2D eigenvalue weighted by Gasteiger charge is -2.25. The van der Waals surface area contributed by atoms with Crippen molar-refractivity contribution in [2.75, 3.05) is 13.7 Å². The Balaban J connectivity index is 1.60. The number of ether oxygens (including phenoxy) is 1. The highest BCUT2D eigenvalue weighted by molar-refractivity contribution is 5.78. The summed E-state index contributed by atoms with van der Waals surface area (Å²) in [5.41, 5.74) is 2.88. The summed E-state index contributed by atoms with van der Waals surface area (Å²) in [5.74, 6) is 0.394. The number of nitrogens with zero attached hydrogens (tertiary/aromatic N) is 2. The van der Waals surface area contributed by atoms with Gasteiger partial charge in [-0.15, -0.1) is 0 Å². The average Bonchev–Trinajstić information content (AvgIpc) is 2.77. The lowest BCUT2D eigenvalue weighted by Crippen LogP contribution is -2.33. The fraction of sp³-hybridized carbons (Fsp3) is 0.174. The lowest BCUT2D eigenvalue weighted by atomic mass is 10.1. The van der Waals surface area contributed by atoms with Crippen molar-refractivity contribution in [2.45, 2.75) is 13.0 Å². The Hall–Kier alpha value is -3.67. The first-order valence-electron chi connectivity index (χ1n) is 9.24. The highest BCUT2D eigenvalue weighted by atomic mass is 16.6. The van der Waals surface area contributed by atoms with Crippen molar-refractivity contribution in [3.8, 4) is 16.9 Å². The van der Waals surface area contributed by atoms with E-state index in [1.54, 1.807) is 19.2 Å². The van der Waals surface area contributed by atoms with Crippen LogP contribution in [-0.4, -0.2) is 29.4 Å². The van der Waals surface area contributed by atoms with Gasteiger partial charge in [0.1, 0.15) is 5.75 Å². The minimum absolute atomic E-state index is 0.00459. The molecule has 0 aliphatic rings. The van der Waals surface area contributed by atoms with Crippen LogP contribution < -0.4 is 4.74 Å². The van der Waals surface area contributed by atoms with Crippen LogP contribution in [0.2, 0.25) is 0 Å². The molecule has 6 heteroatoms. The van der Waals surface area contributed by atoms with Crippen LogP contribution in [0, 0.1) is 10.1 Å². The van der Waals surface area contributed by atoms with Crippen LogP contribution in [0.4, 0.5) is 5.69 Å². The number of nitro benzene ring substituents is 1. The summed E-state index contributed by atoms with van der Waals surface area (Å²) in [6.07, 6.45) is 0. The number of hydrogen-bond acceptors (Lipinski definition) is 4. The molecule has 148 valence electrons. The minimum atomic E-state index is -0.444. The van der Waals surface area contributed by atoms with E-state index in [1.807, 2.05) is 61.5 Å². The van der Waals surface area contributed by atoms with Crippen molar-refractivity contribution in [2.24, 2.45) is 0 Å². The van der Waals surface area contributed by atoms with Gasteiger partial charge in [0.25, 0.3) is 11.6 Å². The number of non-ortho nitro benzene ring substituents is 1. The first-order valence-corrected chi connectivity index (χ1v) is 9.24. The molecule has 0 bridgehead atoms. The van der Waals surface area contributed by atoms with E-state index in [4.69, 9.17) is 4.74 Å².